The van der Waals surface area contributed by atoms with Gasteiger partial charge in [-0.25, -0.2) is 4.79 Å². The van der Waals surface area contributed by atoms with Gasteiger partial charge in [0.1, 0.15) is 11.8 Å². The number of hydrogen-bond acceptors (Lipinski definition) is 5. The van der Waals surface area contributed by atoms with Crippen molar-refractivity contribution in [3.63, 3.8) is 0 Å². The molecule has 0 saturated heterocycles. The van der Waals surface area contributed by atoms with Crippen LogP contribution in [-0.4, -0.2) is 44.4 Å². The lowest BCUT2D eigenvalue weighted by molar-refractivity contribution is -0.139. The Balaban J connectivity index is 1.11. The smallest absolute Gasteiger partial charge is 0.326 e. The van der Waals surface area contributed by atoms with Crippen LogP contribution >= 0.6 is 0 Å². The Labute approximate surface area is 221 Å². The average Bonchev–Trinajstić information content (AvgIpc) is 3.30. The molecule has 2 heterocycles. The Kier molecular flexibility index (Phi) is 7.67. The van der Waals surface area contributed by atoms with Gasteiger partial charge in [-0.2, -0.15) is 5.10 Å². The van der Waals surface area contributed by atoms with E-state index >= 15 is 0 Å². The third kappa shape index (κ3) is 6.19. The van der Waals surface area contributed by atoms with Gasteiger partial charge in [-0.15, -0.1) is 0 Å². The number of aromatic nitrogens is 3. The lowest BCUT2D eigenvalue weighted by Gasteiger charge is -2.16. The summed E-state index contributed by atoms with van der Waals surface area (Å²) in [4.78, 5) is 29.4. The molecule has 8 heteroatoms. The van der Waals surface area contributed by atoms with Crippen LogP contribution in [0.3, 0.4) is 0 Å². The van der Waals surface area contributed by atoms with E-state index in [1.165, 1.54) is 24.1 Å². The molecule has 0 fully saturated rings. The van der Waals surface area contributed by atoms with Crippen molar-refractivity contribution in [2.24, 2.45) is 7.05 Å². The minimum Gasteiger partial charge on any atom is -0.494 e. The Morgan fingerprint density at radius 1 is 1.08 bits per heavy atom. The van der Waals surface area contributed by atoms with Crippen LogP contribution in [0.1, 0.15) is 52.1 Å². The Hall–Kier alpha value is -4.20. The van der Waals surface area contributed by atoms with Gasteiger partial charge in [-0.3, -0.25) is 14.5 Å². The fourth-order valence-electron chi connectivity index (χ4n) is 4.89. The Morgan fingerprint density at radius 2 is 1.89 bits per heavy atom. The van der Waals surface area contributed by atoms with Crippen molar-refractivity contribution in [2.45, 2.75) is 51.0 Å². The molecule has 8 nitrogen and oxygen atoms in total. The van der Waals surface area contributed by atoms with Crippen molar-refractivity contribution in [2.75, 3.05) is 6.61 Å². The van der Waals surface area contributed by atoms with E-state index in [4.69, 9.17) is 9.72 Å². The van der Waals surface area contributed by atoms with Crippen molar-refractivity contribution < 1.29 is 19.4 Å². The number of nitrogens with one attached hydrogen (secondary N) is 1. The second-order valence-corrected chi connectivity index (χ2v) is 9.86. The molecule has 0 radical (unpaired) electrons. The number of hydrogen-bond donors (Lipinski definition) is 2. The second-order valence-electron chi connectivity index (χ2n) is 9.86. The first kappa shape index (κ1) is 25.4. The van der Waals surface area contributed by atoms with Gasteiger partial charge in [-0.05, 0) is 80.0 Å². The highest BCUT2D eigenvalue weighted by molar-refractivity contribution is 5.99. The van der Waals surface area contributed by atoms with Crippen LogP contribution in [-0.2, 0) is 37.5 Å². The summed E-state index contributed by atoms with van der Waals surface area (Å²) < 4.78 is 7.56. The number of rotatable bonds is 10. The first-order chi connectivity index (χ1) is 18.4. The van der Waals surface area contributed by atoms with Gasteiger partial charge < -0.3 is 15.2 Å². The summed E-state index contributed by atoms with van der Waals surface area (Å²) in [6.45, 7) is 0.576. The molecule has 0 bridgehead atoms. The van der Waals surface area contributed by atoms with Gasteiger partial charge in [-0.1, -0.05) is 24.3 Å². The van der Waals surface area contributed by atoms with E-state index in [2.05, 4.69) is 22.5 Å². The zero-order chi connectivity index (χ0) is 26.5. The number of nitrogens with zero attached hydrogens (tertiary/aromatic N) is 3. The maximum atomic E-state index is 12.7. The molecule has 1 aliphatic carbocycles. The van der Waals surface area contributed by atoms with E-state index in [-0.39, 0.29) is 6.42 Å². The highest BCUT2D eigenvalue weighted by atomic mass is 16.5. The van der Waals surface area contributed by atoms with Crippen LogP contribution in [0.2, 0.25) is 0 Å². The number of carboxylic acid groups (broad SMARTS) is 1. The van der Waals surface area contributed by atoms with Gasteiger partial charge in [0.2, 0.25) is 0 Å². The van der Waals surface area contributed by atoms with Crippen molar-refractivity contribution in [1.82, 2.24) is 20.1 Å². The lowest BCUT2D eigenvalue weighted by Crippen LogP contribution is -2.42. The molecule has 1 amide bonds. The third-order valence-corrected chi connectivity index (χ3v) is 6.93. The summed E-state index contributed by atoms with van der Waals surface area (Å²) in [7, 11) is 1.81. The molecule has 0 aliphatic heterocycles. The van der Waals surface area contributed by atoms with Gasteiger partial charge in [0.15, 0.2) is 0 Å². The van der Waals surface area contributed by atoms with E-state index in [0.717, 1.165) is 48.1 Å². The number of benzene rings is 2. The molecule has 2 N–H and O–H groups in total. The standard InChI is InChI=1S/C30H32N4O4/c1-34-19-23-11-10-22(18-27(23)33-34)29(35)32-28(30(36)37)17-20-8-14-25(15-9-20)38-16-4-6-24-13-12-21-5-2-3-7-26(21)31-24/h8-15,18-19,28H,2-7,16-17H2,1H3,(H,32,35)(H,36,37)/t28-/m0/s1. The van der Waals surface area contributed by atoms with E-state index in [1.807, 2.05) is 37.5 Å². The maximum absolute atomic E-state index is 12.7. The van der Waals surface area contributed by atoms with E-state index in [9.17, 15) is 14.7 Å². The predicted octanol–water partition coefficient (Wildman–Crippen LogP) is 4.28. The Bertz CT molecular complexity index is 1440. The second kappa shape index (κ2) is 11.5. The normalized spacial score (nSPS) is 13.6. The van der Waals surface area contributed by atoms with Gasteiger partial charge in [0.05, 0.1) is 12.1 Å². The summed E-state index contributed by atoms with van der Waals surface area (Å²) in [5, 5.41) is 17.6. The number of carbonyl (C=O) groups excluding carboxylic acids is 1. The van der Waals surface area contributed by atoms with E-state index in [1.54, 1.807) is 22.9 Å². The molecule has 2 aromatic carbocycles. The molecule has 196 valence electrons. The molecular weight excluding hydrogens is 480 g/mol. The van der Waals surface area contributed by atoms with Crippen molar-refractivity contribution in [3.8, 4) is 5.75 Å². The third-order valence-electron chi connectivity index (χ3n) is 6.93. The zero-order valence-electron chi connectivity index (χ0n) is 21.5. The summed E-state index contributed by atoms with van der Waals surface area (Å²) in [5.41, 5.74) is 5.62. The number of carbonyl (C=O) groups is 2. The number of amides is 1. The minimum absolute atomic E-state index is 0.164. The molecule has 4 aromatic rings. The molecular formula is C30H32N4O4. The highest BCUT2D eigenvalue weighted by Gasteiger charge is 2.21. The monoisotopic (exact) mass is 512 g/mol. The van der Waals surface area contributed by atoms with Gasteiger partial charge in [0, 0.05) is 42.0 Å². The topological polar surface area (TPSA) is 106 Å². The zero-order valence-corrected chi connectivity index (χ0v) is 21.5. The van der Waals surface area contributed by atoms with Crippen LogP contribution in [0.5, 0.6) is 5.75 Å². The number of aryl methyl sites for hydroxylation is 4. The number of fused-ring (bicyclic) bond motifs is 2. The maximum Gasteiger partial charge on any atom is 0.326 e. The molecule has 1 atom stereocenters. The summed E-state index contributed by atoms with van der Waals surface area (Å²) in [6.07, 6.45) is 8.47. The molecule has 0 saturated carbocycles. The molecule has 0 unspecified atom stereocenters. The molecule has 5 rings (SSSR count). The van der Waals surface area contributed by atoms with Crippen LogP contribution in [0.4, 0.5) is 0 Å². The average molecular weight is 513 g/mol. The summed E-state index contributed by atoms with van der Waals surface area (Å²) in [5.74, 6) is -0.807. The predicted molar refractivity (Wildman–Crippen MR) is 144 cm³/mol. The molecule has 2 aromatic heterocycles. The first-order valence-corrected chi connectivity index (χ1v) is 13.1. The van der Waals surface area contributed by atoms with Crippen molar-refractivity contribution >= 4 is 22.8 Å². The summed E-state index contributed by atoms with van der Waals surface area (Å²) in [6, 6.07) is 15.8. The lowest BCUT2D eigenvalue weighted by atomic mass is 9.95. The molecule has 0 spiro atoms. The van der Waals surface area contributed by atoms with Crippen molar-refractivity contribution in [1.29, 1.82) is 0 Å². The van der Waals surface area contributed by atoms with E-state index in [0.29, 0.717) is 17.7 Å². The van der Waals surface area contributed by atoms with Crippen LogP contribution < -0.4 is 10.1 Å². The fraction of sp³-hybridized carbons (Fsp3) is 0.333. The van der Waals surface area contributed by atoms with Crippen LogP contribution in [0, 0.1) is 0 Å². The van der Waals surface area contributed by atoms with Crippen molar-refractivity contribution in [3.05, 3.63) is 88.9 Å². The number of pyridine rings is 1. The van der Waals surface area contributed by atoms with E-state index < -0.39 is 17.9 Å². The van der Waals surface area contributed by atoms with Gasteiger partial charge >= 0.3 is 5.97 Å². The quantitative estimate of drug-likeness (QED) is 0.307. The van der Waals surface area contributed by atoms with Crippen LogP contribution in [0.15, 0.2) is 60.8 Å². The Morgan fingerprint density at radius 3 is 2.71 bits per heavy atom. The largest absolute Gasteiger partial charge is 0.494 e. The summed E-state index contributed by atoms with van der Waals surface area (Å²) >= 11 is 0. The van der Waals surface area contributed by atoms with Crippen LogP contribution in [0.25, 0.3) is 10.9 Å². The fourth-order valence-corrected chi connectivity index (χ4v) is 4.89. The first-order valence-electron chi connectivity index (χ1n) is 13.1. The minimum atomic E-state index is -1.09. The molecule has 1 aliphatic rings. The number of carboxylic acids is 1. The number of aliphatic carboxylic acids is 1. The SMILES string of the molecule is Cn1cc2ccc(C(=O)N[C@@H](Cc3ccc(OCCCc4ccc5c(n4)CCCC5)cc3)C(=O)O)cc2n1. The molecule has 38 heavy (non-hydrogen) atoms. The van der Waals surface area contributed by atoms with Gasteiger partial charge in [0.25, 0.3) is 5.91 Å². The number of ether oxygens (including phenoxy) is 1. The highest BCUT2D eigenvalue weighted by Crippen LogP contribution is 2.20.